The zero-order valence-corrected chi connectivity index (χ0v) is 15.5. The van der Waals surface area contributed by atoms with E-state index in [0.29, 0.717) is 36.2 Å². The number of fused-ring (bicyclic) bond motifs is 1. The number of piperidine rings is 1. The molecule has 2 aromatic carbocycles. The van der Waals surface area contributed by atoms with E-state index in [1.807, 2.05) is 12.1 Å². The van der Waals surface area contributed by atoms with Crippen LogP contribution in [0, 0.1) is 5.92 Å². The van der Waals surface area contributed by atoms with Crippen molar-refractivity contribution >= 4 is 5.78 Å². The van der Waals surface area contributed by atoms with Crippen molar-refractivity contribution in [2.45, 2.75) is 19.4 Å². The highest BCUT2D eigenvalue weighted by Gasteiger charge is 2.18. The fraction of sp³-hybridized carbons (Fsp3) is 0.348. The first-order valence-corrected chi connectivity index (χ1v) is 9.66. The Bertz CT molecular complexity index is 808. The van der Waals surface area contributed by atoms with Gasteiger partial charge in [0.25, 0.3) is 0 Å². The molecule has 1 saturated heterocycles. The lowest BCUT2D eigenvalue weighted by atomic mass is 9.95. The molecular weight excluding hydrogens is 338 g/mol. The first-order valence-electron chi connectivity index (χ1n) is 9.66. The fourth-order valence-electron chi connectivity index (χ4n) is 3.66. The van der Waals surface area contributed by atoms with Crippen molar-refractivity contribution in [3.05, 3.63) is 71.8 Å². The maximum absolute atomic E-state index is 12.5. The number of allylic oxidation sites excluding steroid dienone is 2. The van der Waals surface area contributed by atoms with E-state index in [2.05, 4.69) is 41.3 Å². The van der Waals surface area contributed by atoms with Gasteiger partial charge in [0.1, 0.15) is 13.2 Å². The summed E-state index contributed by atoms with van der Waals surface area (Å²) < 4.78 is 11.1. The maximum atomic E-state index is 12.5. The van der Waals surface area contributed by atoms with Crippen LogP contribution >= 0.6 is 0 Å². The molecule has 0 aliphatic carbocycles. The van der Waals surface area contributed by atoms with Gasteiger partial charge in [-0.15, -0.1) is 0 Å². The molecule has 0 spiro atoms. The molecule has 2 heterocycles. The van der Waals surface area contributed by atoms with E-state index in [4.69, 9.17) is 9.47 Å². The number of ether oxygens (including phenoxy) is 2. The number of carbonyl (C=O) groups excluding carboxylic acids is 1. The van der Waals surface area contributed by atoms with Gasteiger partial charge < -0.3 is 9.47 Å². The molecule has 0 atom stereocenters. The molecule has 4 nitrogen and oxygen atoms in total. The Balaban J connectivity index is 1.29. The third-order valence-electron chi connectivity index (χ3n) is 5.23. The fourth-order valence-corrected chi connectivity index (χ4v) is 3.66. The minimum atomic E-state index is 0.0266. The van der Waals surface area contributed by atoms with Crippen LogP contribution in [-0.4, -0.2) is 37.0 Å². The minimum absolute atomic E-state index is 0.0266. The second-order valence-electron chi connectivity index (χ2n) is 7.18. The highest BCUT2D eigenvalue weighted by molar-refractivity contribution is 6.04. The predicted octanol–water partition coefficient (Wildman–Crippen LogP) is 4.11. The number of likely N-dealkylation sites (tertiary alicyclic amines) is 1. The number of carbonyl (C=O) groups is 1. The summed E-state index contributed by atoms with van der Waals surface area (Å²) in [6, 6.07) is 16.0. The van der Waals surface area contributed by atoms with Crippen LogP contribution in [0.5, 0.6) is 11.5 Å². The molecule has 4 rings (SSSR count). The summed E-state index contributed by atoms with van der Waals surface area (Å²) in [4.78, 5) is 15.0. The average molecular weight is 363 g/mol. The van der Waals surface area contributed by atoms with Gasteiger partial charge in [0.2, 0.25) is 0 Å². The smallest absolute Gasteiger partial charge is 0.185 e. The third kappa shape index (κ3) is 4.58. The quantitative estimate of drug-likeness (QED) is 0.592. The lowest BCUT2D eigenvalue weighted by Crippen LogP contribution is -2.32. The van der Waals surface area contributed by atoms with E-state index in [0.717, 1.165) is 32.5 Å². The van der Waals surface area contributed by atoms with Crippen molar-refractivity contribution in [1.82, 2.24) is 4.90 Å². The molecule has 0 radical (unpaired) electrons. The molecule has 0 amide bonds. The standard InChI is InChI=1S/C23H25NO3/c25-21(20-7-9-22-23(16-20)27-15-14-26-22)8-6-18-10-12-24(13-11-18)17-19-4-2-1-3-5-19/h1-9,16,18H,10-15,17H2/b8-6+. The second kappa shape index (κ2) is 8.40. The van der Waals surface area contributed by atoms with Gasteiger partial charge in [0, 0.05) is 12.1 Å². The molecular formula is C23H25NO3. The van der Waals surface area contributed by atoms with Gasteiger partial charge in [-0.1, -0.05) is 36.4 Å². The van der Waals surface area contributed by atoms with Gasteiger partial charge >= 0.3 is 0 Å². The Kier molecular flexibility index (Phi) is 5.54. The number of ketones is 1. The summed E-state index contributed by atoms with van der Waals surface area (Å²) in [5.74, 6) is 1.87. The van der Waals surface area contributed by atoms with Gasteiger partial charge in [0.15, 0.2) is 17.3 Å². The van der Waals surface area contributed by atoms with Crippen LogP contribution in [0.2, 0.25) is 0 Å². The molecule has 1 fully saturated rings. The molecule has 0 unspecified atom stereocenters. The average Bonchev–Trinajstić information content (AvgIpc) is 2.73. The predicted molar refractivity (Wildman–Crippen MR) is 105 cm³/mol. The van der Waals surface area contributed by atoms with Gasteiger partial charge in [-0.25, -0.2) is 0 Å². The Morgan fingerprint density at radius 1 is 1.00 bits per heavy atom. The van der Waals surface area contributed by atoms with Crippen LogP contribution in [0.4, 0.5) is 0 Å². The molecule has 2 aliphatic rings. The van der Waals surface area contributed by atoms with Crippen LogP contribution in [0.1, 0.15) is 28.8 Å². The molecule has 27 heavy (non-hydrogen) atoms. The maximum Gasteiger partial charge on any atom is 0.185 e. The van der Waals surface area contributed by atoms with Crippen molar-refractivity contribution in [3.8, 4) is 11.5 Å². The second-order valence-corrected chi connectivity index (χ2v) is 7.18. The van der Waals surface area contributed by atoms with Crippen LogP contribution in [0.15, 0.2) is 60.7 Å². The number of hydrogen-bond donors (Lipinski definition) is 0. The summed E-state index contributed by atoms with van der Waals surface area (Å²) in [6.07, 6.45) is 6.00. The Morgan fingerprint density at radius 2 is 1.74 bits per heavy atom. The number of hydrogen-bond acceptors (Lipinski definition) is 4. The molecule has 2 aromatic rings. The zero-order chi connectivity index (χ0) is 18.5. The molecule has 0 saturated carbocycles. The Hall–Kier alpha value is -2.59. The van der Waals surface area contributed by atoms with Crippen molar-refractivity contribution in [1.29, 1.82) is 0 Å². The minimum Gasteiger partial charge on any atom is -0.486 e. The topological polar surface area (TPSA) is 38.8 Å². The number of nitrogens with zero attached hydrogens (tertiary/aromatic N) is 1. The largest absolute Gasteiger partial charge is 0.486 e. The highest BCUT2D eigenvalue weighted by atomic mass is 16.6. The number of rotatable bonds is 5. The van der Waals surface area contributed by atoms with E-state index in [1.54, 1.807) is 12.1 Å². The van der Waals surface area contributed by atoms with Crippen molar-refractivity contribution < 1.29 is 14.3 Å². The van der Waals surface area contributed by atoms with Gasteiger partial charge in [0.05, 0.1) is 0 Å². The third-order valence-corrected chi connectivity index (χ3v) is 5.23. The first kappa shape index (κ1) is 17.8. The van der Waals surface area contributed by atoms with Crippen LogP contribution in [0.3, 0.4) is 0 Å². The van der Waals surface area contributed by atoms with E-state index in [-0.39, 0.29) is 5.78 Å². The lowest BCUT2D eigenvalue weighted by Gasteiger charge is -2.30. The molecule has 0 bridgehead atoms. The van der Waals surface area contributed by atoms with E-state index < -0.39 is 0 Å². The van der Waals surface area contributed by atoms with E-state index in [9.17, 15) is 4.79 Å². The number of benzene rings is 2. The van der Waals surface area contributed by atoms with Crippen LogP contribution in [-0.2, 0) is 6.54 Å². The monoisotopic (exact) mass is 363 g/mol. The zero-order valence-electron chi connectivity index (χ0n) is 15.5. The van der Waals surface area contributed by atoms with Crippen LogP contribution in [0.25, 0.3) is 0 Å². The highest BCUT2D eigenvalue weighted by Crippen LogP contribution is 2.31. The van der Waals surface area contributed by atoms with Crippen molar-refractivity contribution in [2.24, 2.45) is 5.92 Å². The SMILES string of the molecule is O=C(/C=C/C1CCN(Cc2ccccc2)CC1)c1ccc2c(c1)OCCO2. The van der Waals surface area contributed by atoms with Crippen molar-refractivity contribution in [3.63, 3.8) is 0 Å². The van der Waals surface area contributed by atoms with Crippen molar-refractivity contribution in [2.75, 3.05) is 26.3 Å². The van der Waals surface area contributed by atoms with Gasteiger partial charge in [-0.05, 0) is 61.7 Å². The molecule has 0 aromatic heterocycles. The van der Waals surface area contributed by atoms with Crippen LogP contribution < -0.4 is 9.47 Å². The summed E-state index contributed by atoms with van der Waals surface area (Å²) in [7, 11) is 0. The lowest BCUT2D eigenvalue weighted by molar-refractivity contribution is 0.104. The first-order chi connectivity index (χ1) is 13.3. The Morgan fingerprint density at radius 3 is 2.52 bits per heavy atom. The summed E-state index contributed by atoms with van der Waals surface area (Å²) >= 11 is 0. The van der Waals surface area contributed by atoms with Gasteiger partial charge in [-0.3, -0.25) is 9.69 Å². The Labute approximate surface area is 160 Å². The molecule has 4 heteroatoms. The summed E-state index contributed by atoms with van der Waals surface area (Å²) in [5.41, 5.74) is 2.01. The van der Waals surface area contributed by atoms with E-state index >= 15 is 0 Å². The molecule has 2 aliphatic heterocycles. The summed E-state index contributed by atoms with van der Waals surface area (Å²) in [5, 5.41) is 0. The molecule has 140 valence electrons. The molecule has 0 N–H and O–H groups in total. The van der Waals surface area contributed by atoms with E-state index in [1.165, 1.54) is 5.56 Å². The van der Waals surface area contributed by atoms with Gasteiger partial charge in [-0.2, -0.15) is 0 Å². The normalized spacial score (nSPS) is 17.9. The summed E-state index contributed by atoms with van der Waals surface area (Å²) in [6.45, 7) is 4.24.